The Bertz CT molecular complexity index is 1330. The molecule has 9 heteroatoms. The zero-order chi connectivity index (χ0) is 21.4. The van der Waals surface area contributed by atoms with Crippen molar-refractivity contribution in [1.82, 2.24) is 24.5 Å². The van der Waals surface area contributed by atoms with Crippen molar-refractivity contribution in [3.8, 4) is 11.5 Å². The molecule has 1 aliphatic heterocycles. The first-order valence-corrected chi connectivity index (χ1v) is 9.99. The van der Waals surface area contributed by atoms with Crippen molar-refractivity contribution in [3.05, 3.63) is 82.5 Å². The van der Waals surface area contributed by atoms with Crippen molar-refractivity contribution in [2.75, 3.05) is 6.54 Å². The first-order chi connectivity index (χ1) is 15.1. The average molecular weight is 419 g/mol. The van der Waals surface area contributed by atoms with Crippen LogP contribution in [-0.4, -0.2) is 36.9 Å². The Balaban J connectivity index is 1.49. The van der Waals surface area contributed by atoms with E-state index < -0.39 is 23.3 Å². The Hall–Kier alpha value is -3.88. The normalized spacial score (nSPS) is 16.5. The maximum Gasteiger partial charge on any atom is 0.270 e. The molecule has 4 aromatic rings. The van der Waals surface area contributed by atoms with Gasteiger partial charge in [-0.1, -0.05) is 18.2 Å². The molecule has 31 heavy (non-hydrogen) atoms. The standard InChI is InChI=1S/C22H18FN5O3/c23-16-8-2-1-7-14(16)19-25-26-20(31-19)17-9-3-5-11-27(17)21(29)15-13-24-18-10-4-6-12-28(18)22(15)30/h1-2,4,6-8,10,12-13,17H,3,5,9,11H2. The quantitative estimate of drug-likeness (QED) is 0.506. The lowest BCUT2D eigenvalue weighted by atomic mass is 10.0. The van der Waals surface area contributed by atoms with Crippen molar-refractivity contribution in [2.24, 2.45) is 0 Å². The van der Waals surface area contributed by atoms with Gasteiger partial charge in [-0.2, -0.15) is 0 Å². The van der Waals surface area contributed by atoms with Gasteiger partial charge in [0, 0.05) is 18.9 Å². The van der Waals surface area contributed by atoms with E-state index in [-0.39, 0.29) is 22.9 Å². The highest BCUT2D eigenvalue weighted by Crippen LogP contribution is 2.33. The Morgan fingerprint density at radius 2 is 1.94 bits per heavy atom. The summed E-state index contributed by atoms with van der Waals surface area (Å²) in [5.74, 6) is -0.630. The molecule has 0 N–H and O–H groups in total. The molecule has 0 bridgehead atoms. The van der Waals surface area contributed by atoms with Crippen molar-refractivity contribution >= 4 is 11.6 Å². The van der Waals surface area contributed by atoms with E-state index in [0.717, 1.165) is 12.8 Å². The topological polar surface area (TPSA) is 93.6 Å². The van der Waals surface area contributed by atoms with E-state index >= 15 is 0 Å². The Morgan fingerprint density at radius 1 is 1.10 bits per heavy atom. The summed E-state index contributed by atoms with van der Waals surface area (Å²) in [5, 5.41) is 8.05. The van der Waals surface area contributed by atoms with E-state index in [1.165, 1.54) is 16.7 Å². The Morgan fingerprint density at radius 3 is 2.81 bits per heavy atom. The molecule has 1 atom stereocenters. The summed E-state index contributed by atoms with van der Waals surface area (Å²) in [6.07, 6.45) is 5.14. The zero-order valence-corrected chi connectivity index (χ0v) is 16.4. The molecular formula is C22H18FN5O3. The predicted molar refractivity (Wildman–Crippen MR) is 109 cm³/mol. The number of fused-ring (bicyclic) bond motifs is 1. The van der Waals surface area contributed by atoms with Crippen molar-refractivity contribution in [3.63, 3.8) is 0 Å². The number of amides is 1. The number of benzene rings is 1. The van der Waals surface area contributed by atoms with Crippen LogP contribution in [0.1, 0.15) is 41.6 Å². The number of piperidine rings is 1. The first kappa shape index (κ1) is 19.1. The molecule has 0 radical (unpaired) electrons. The number of likely N-dealkylation sites (tertiary alicyclic amines) is 1. The zero-order valence-electron chi connectivity index (χ0n) is 16.4. The minimum Gasteiger partial charge on any atom is -0.418 e. The van der Waals surface area contributed by atoms with Gasteiger partial charge in [0.2, 0.25) is 5.89 Å². The van der Waals surface area contributed by atoms with E-state index in [4.69, 9.17) is 4.42 Å². The fraction of sp³-hybridized carbons (Fsp3) is 0.227. The van der Waals surface area contributed by atoms with Gasteiger partial charge in [-0.25, -0.2) is 9.37 Å². The fourth-order valence-corrected chi connectivity index (χ4v) is 3.87. The Labute approximate surface area is 176 Å². The van der Waals surface area contributed by atoms with Crippen molar-refractivity contribution in [2.45, 2.75) is 25.3 Å². The summed E-state index contributed by atoms with van der Waals surface area (Å²) < 4.78 is 21.2. The molecule has 1 unspecified atom stereocenters. The minimum atomic E-state index is -0.495. The molecule has 0 saturated carbocycles. The van der Waals surface area contributed by atoms with E-state index in [1.54, 1.807) is 47.5 Å². The molecule has 3 aromatic heterocycles. The molecule has 1 fully saturated rings. The molecule has 8 nitrogen and oxygen atoms in total. The smallest absolute Gasteiger partial charge is 0.270 e. The van der Waals surface area contributed by atoms with Gasteiger partial charge >= 0.3 is 0 Å². The summed E-state index contributed by atoms with van der Waals surface area (Å²) in [4.78, 5) is 32.0. The number of aromatic nitrogens is 4. The van der Waals surface area contributed by atoms with Crippen LogP contribution in [0.2, 0.25) is 0 Å². The first-order valence-electron chi connectivity index (χ1n) is 9.99. The van der Waals surface area contributed by atoms with Gasteiger partial charge in [0.15, 0.2) is 0 Å². The molecule has 156 valence electrons. The number of carbonyl (C=O) groups is 1. The molecule has 5 rings (SSSR count). The van der Waals surface area contributed by atoms with Crippen LogP contribution >= 0.6 is 0 Å². The second kappa shape index (κ2) is 7.75. The number of halogens is 1. The molecule has 1 saturated heterocycles. The fourth-order valence-electron chi connectivity index (χ4n) is 3.87. The van der Waals surface area contributed by atoms with Crippen LogP contribution in [0.3, 0.4) is 0 Å². The predicted octanol–water partition coefficient (Wildman–Crippen LogP) is 3.25. The van der Waals surface area contributed by atoms with Gasteiger partial charge < -0.3 is 9.32 Å². The van der Waals surface area contributed by atoms with Gasteiger partial charge in [0.05, 0.1) is 5.56 Å². The van der Waals surface area contributed by atoms with Gasteiger partial charge in [-0.3, -0.25) is 14.0 Å². The highest BCUT2D eigenvalue weighted by atomic mass is 19.1. The molecule has 4 heterocycles. The van der Waals surface area contributed by atoms with Crippen LogP contribution in [0, 0.1) is 5.82 Å². The van der Waals surface area contributed by atoms with Gasteiger partial charge in [0.1, 0.15) is 23.1 Å². The van der Waals surface area contributed by atoms with E-state index in [9.17, 15) is 14.0 Å². The summed E-state index contributed by atoms with van der Waals surface area (Å²) in [5.41, 5.74) is 0.208. The number of pyridine rings is 1. The largest absolute Gasteiger partial charge is 0.418 e. The SMILES string of the molecule is O=C(c1cnc2ccccn2c1=O)N1CCCCC1c1nnc(-c2ccccc2F)o1. The third-order valence-corrected chi connectivity index (χ3v) is 5.44. The van der Waals surface area contributed by atoms with Crippen LogP contribution < -0.4 is 5.56 Å². The lowest BCUT2D eigenvalue weighted by Crippen LogP contribution is -2.41. The van der Waals surface area contributed by atoms with Gasteiger partial charge in [-0.15, -0.1) is 10.2 Å². The van der Waals surface area contributed by atoms with Gasteiger partial charge in [0.25, 0.3) is 17.4 Å². The van der Waals surface area contributed by atoms with Crippen LogP contribution in [0.5, 0.6) is 0 Å². The molecule has 1 amide bonds. The van der Waals surface area contributed by atoms with Crippen LogP contribution in [-0.2, 0) is 0 Å². The van der Waals surface area contributed by atoms with Crippen LogP contribution in [0.15, 0.2) is 64.1 Å². The molecule has 0 spiro atoms. The lowest BCUT2D eigenvalue weighted by Gasteiger charge is -2.33. The second-order valence-electron chi connectivity index (χ2n) is 7.34. The summed E-state index contributed by atoms with van der Waals surface area (Å²) >= 11 is 0. The molecule has 1 aliphatic rings. The summed E-state index contributed by atoms with van der Waals surface area (Å²) in [6, 6.07) is 10.8. The number of carbonyl (C=O) groups excluding carboxylic acids is 1. The molecule has 0 aliphatic carbocycles. The van der Waals surface area contributed by atoms with Crippen molar-refractivity contribution in [1.29, 1.82) is 0 Å². The monoisotopic (exact) mass is 419 g/mol. The van der Waals surface area contributed by atoms with E-state index in [2.05, 4.69) is 15.2 Å². The highest BCUT2D eigenvalue weighted by Gasteiger charge is 2.34. The number of nitrogens with zero attached hydrogens (tertiary/aromatic N) is 5. The van der Waals surface area contributed by atoms with E-state index in [1.807, 2.05) is 0 Å². The summed E-state index contributed by atoms with van der Waals surface area (Å²) in [7, 11) is 0. The number of hydrogen-bond donors (Lipinski definition) is 0. The summed E-state index contributed by atoms with van der Waals surface area (Å²) in [6.45, 7) is 0.442. The van der Waals surface area contributed by atoms with E-state index in [0.29, 0.717) is 18.6 Å². The maximum atomic E-state index is 14.1. The third kappa shape index (κ3) is 3.37. The molecular weight excluding hydrogens is 401 g/mol. The maximum absolute atomic E-state index is 14.1. The molecule has 1 aromatic carbocycles. The highest BCUT2D eigenvalue weighted by molar-refractivity contribution is 5.94. The minimum absolute atomic E-state index is 0.0237. The lowest BCUT2D eigenvalue weighted by molar-refractivity contribution is 0.0570. The van der Waals surface area contributed by atoms with Crippen molar-refractivity contribution < 1.29 is 13.6 Å². The number of hydrogen-bond acceptors (Lipinski definition) is 6. The number of rotatable bonds is 3. The van der Waals surface area contributed by atoms with Gasteiger partial charge in [-0.05, 0) is 43.5 Å². The van der Waals surface area contributed by atoms with Crippen LogP contribution in [0.4, 0.5) is 4.39 Å². The van der Waals surface area contributed by atoms with Crippen LogP contribution in [0.25, 0.3) is 17.1 Å². The average Bonchev–Trinajstić information content (AvgIpc) is 3.29. The second-order valence-corrected chi connectivity index (χ2v) is 7.34. The Kier molecular flexibility index (Phi) is 4.78. The third-order valence-electron chi connectivity index (χ3n) is 5.44.